The fraction of sp³-hybridized carbons (Fsp3) is 0.278. The van der Waals surface area contributed by atoms with E-state index in [2.05, 4.69) is 5.32 Å². The van der Waals surface area contributed by atoms with Gasteiger partial charge in [-0.1, -0.05) is 92.7 Å². The lowest BCUT2D eigenvalue weighted by molar-refractivity contribution is -0.140. The Bertz CT molecular complexity index is 1610. The number of nitrogens with one attached hydrogen (secondary N) is 1. The molecule has 0 saturated heterocycles. The molecule has 0 aliphatic heterocycles. The van der Waals surface area contributed by atoms with E-state index in [1.807, 2.05) is 81.4 Å². The average Bonchev–Trinajstić information content (AvgIpc) is 3.06. The van der Waals surface area contributed by atoms with Crippen LogP contribution in [0.25, 0.3) is 0 Å². The zero-order valence-corrected chi connectivity index (χ0v) is 26.8. The van der Waals surface area contributed by atoms with Crippen molar-refractivity contribution in [1.82, 2.24) is 10.2 Å². The first kappa shape index (κ1) is 33.3. The van der Waals surface area contributed by atoms with Gasteiger partial charge < -0.3 is 15.0 Å². The summed E-state index contributed by atoms with van der Waals surface area (Å²) in [4.78, 5) is 29.8. The van der Waals surface area contributed by atoms with Crippen LogP contribution in [0, 0.1) is 5.92 Å². The smallest absolute Gasteiger partial charge is 0.264 e. The van der Waals surface area contributed by atoms with Crippen molar-refractivity contribution in [1.29, 1.82) is 0 Å². The van der Waals surface area contributed by atoms with E-state index in [0.29, 0.717) is 24.6 Å². The molecule has 8 nitrogen and oxygen atoms in total. The van der Waals surface area contributed by atoms with Crippen molar-refractivity contribution >= 4 is 27.5 Å². The fourth-order valence-electron chi connectivity index (χ4n) is 4.88. The second-order valence-electron chi connectivity index (χ2n) is 11.1. The van der Waals surface area contributed by atoms with Crippen LogP contribution in [0.5, 0.6) is 5.75 Å². The van der Waals surface area contributed by atoms with Gasteiger partial charge in [0.2, 0.25) is 11.8 Å². The van der Waals surface area contributed by atoms with E-state index < -0.39 is 28.5 Å². The van der Waals surface area contributed by atoms with Crippen LogP contribution < -0.4 is 14.4 Å². The molecule has 0 saturated carbocycles. The predicted molar refractivity (Wildman–Crippen MR) is 177 cm³/mol. The normalized spacial score (nSPS) is 11.9. The molecule has 45 heavy (non-hydrogen) atoms. The van der Waals surface area contributed by atoms with Crippen LogP contribution in [0.2, 0.25) is 0 Å². The zero-order valence-electron chi connectivity index (χ0n) is 26.0. The Labute approximate surface area is 266 Å². The number of carbonyl (C=O) groups excluding carboxylic acids is 2. The molecule has 4 aromatic carbocycles. The van der Waals surface area contributed by atoms with Crippen molar-refractivity contribution in [3.05, 3.63) is 126 Å². The maximum atomic E-state index is 14.5. The topological polar surface area (TPSA) is 96.0 Å². The van der Waals surface area contributed by atoms with Crippen LogP contribution in [0.1, 0.15) is 31.9 Å². The molecular weight excluding hydrogens is 586 g/mol. The number of ether oxygens (including phenoxy) is 1. The summed E-state index contributed by atoms with van der Waals surface area (Å²) in [6, 6.07) is 32.6. The predicted octanol–water partition coefficient (Wildman–Crippen LogP) is 5.69. The van der Waals surface area contributed by atoms with Crippen LogP contribution >= 0.6 is 0 Å². The Hall–Kier alpha value is -4.63. The molecule has 0 unspecified atom stereocenters. The Morgan fingerprint density at radius 2 is 1.33 bits per heavy atom. The molecule has 1 N–H and O–H groups in total. The van der Waals surface area contributed by atoms with Crippen molar-refractivity contribution in [3.8, 4) is 5.75 Å². The molecule has 0 spiro atoms. The quantitative estimate of drug-likeness (QED) is 0.183. The molecule has 0 bridgehead atoms. The van der Waals surface area contributed by atoms with E-state index in [9.17, 15) is 18.0 Å². The lowest BCUT2D eigenvalue weighted by Crippen LogP contribution is -2.53. The van der Waals surface area contributed by atoms with Gasteiger partial charge >= 0.3 is 0 Å². The lowest BCUT2D eigenvalue weighted by atomic mass is 10.0. The molecule has 9 heteroatoms. The molecule has 236 valence electrons. The molecule has 4 rings (SSSR count). The van der Waals surface area contributed by atoms with Crippen LogP contribution in [-0.4, -0.2) is 50.9 Å². The maximum absolute atomic E-state index is 14.5. The third-order valence-electron chi connectivity index (χ3n) is 7.20. The minimum absolute atomic E-state index is 0.0526. The minimum atomic E-state index is -4.16. The number of carbonyl (C=O) groups is 2. The lowest BCUT2D eigenvalue weighted by Gasteiger charge is -2.34. The number of hydrogen-bond donors (Lipinski definition) is 1. The van der Waals surface area contributed by atoms with Gasteiger partial charge in [-0.3, -0.25) is 13.9 Å². The second-order valence-corrected chi connectivity index (χ2v) is 13.0. The summed E-state index contributed by atoms with van der Waals surface area (Å²) < 4.78 is 34.8. The van der Waals surface area contributed by atoms with E-state index in [-0.39, 0.29) is 29.7 Å². The molecule has 0 aliphatic carbocycles. The van der Waals surface area contributed by atoms with Crippen LogP contribution in [0.15, 0.2) is 120 Å². The van der Waals surface area contributed by atoms with Crippen molar-refractivity contribution in [3.63, 3.8) is 0 Å². The molecule has 0 aliphatic rings. The highest BCUT2D eigenvalue weighted by molar-refractivity contribution is 7.92. The number of hydrogen-bond acceptors (Lipinski definition) is 5. The third-order valence-corrected chi connectivity index (χ3v) is 8.99. The first-order chi connectivity index (χ1) is 21.7. The molecular formula is C36H41N3O5S. The fourth-order valence-corrected chi connectivity index (χ4v) is 6.32. The molecule has 0 heterocycles. The largest absolute Gasteiger partial charge is 0.494 e. The summed E-state index contributed by atoms with van der Waals surface area (Å²) in [5, 5.41) is 3.00. The van der Waals surface area contributed by atoms with Crippen LogP contribution in [-0.2, 0) is 32.6 Å². The molecule has 0 radical (unpaired) electrons. The summed E-state index contributed by atoms with van der Waals surface area (Å²) in [6.45, 7) is 6.38. The van der Waals surface area contributed by atoms with Crippen LogP contribution in [0.3, 0.4) is 0 Å². The summed E-state index contributed by atoms with van der Waals surface area (Å²) in [7, 11) is -4.16. The molecule has 2 amide bonds. The van der Waals surface area contributed by atoms with Gasteiger partial charge in [0, 0.05) is 19.5 Å². The van der Waals surface area contributed by atoms with Crippen molar-refractivity contribution in [2.75, 3.05) is 24.0 Å². The molecule has 4 aromatic rings. The van der Waals surface area contributed by atoms with Crippen molar-refractivity contribution in [2.45, 2.75) is 44.7 Å². The molecule has 1 atom stereocenters. The number of nitrogens with zero attached hydrogens (tertiary/aromatic N) is 2. The van der Waals surface area contributed by atoms with E-state index in [4.69, 9.17) is 4.74 Å². The van der Waals surface area contributed by atoms with Gasteiger partial charge in [0.05, 0.1) is 17.2 Å². The number of rotatable bonds is 15. The third kappa shape index (κ3) is 9.18. The monoisotopic (exact) mass is 627 g/mol. The van der Waals surface area contributed by atoms with Gasteiger partial charge in [0.25, 0.3) is 10.0 Å². The first-order valence-electron chi connectivity index (χ1n) is 15.1. The van der Waals surface area contributed by atoms with Gasteiger partial charge in [-0.05, 0) is 60.4 Å². The minimum Gasteiger partial charge on any atom is -0.494 e. The van der Waals surface area contributed by atoms with Gasteiger partial charge in [0.1, 0.15) is 18.3 Å². The highest BCUT2D eigenvalue weighted by Crippen LogP contribution is 2.27. The zero-order chi connectivity index (χ0) is 32.2. The number of benzene rings is 4. The highest BCUT2D eigenvalue weighted by Gasteiger charge is 2.34. The van der Waals surface area contributed by atoms with E-state index in [0.717, 1.165) is 15.4 Å². The number of amides is 2. The Kier molecular flexibility index (Phi) is 11.8. The van der Waals surface area contributed by atoms with Crippen LogP contribution in [0.4, 0.5) is 5.69 Å². The highest BCUT2D eigenvalue weighted by atomic mass is 32.2. The SMILES string of the molecule is CCOc1ccc(N(CC(=O)N(Cc2ccccc2)[C@H](Cc2ccccc2)C(=O)NCC(C)C)S(=O)(=O)c2ccccc2)cc1. The standard InChI is InChI=1S/C36H41N3O5S/c1-4-44-32-22-20-31(21-23-32)39(45(42,43)33-18-12-7-13-19-33)27-35(40)38(26-30-16-10-6-11-17-30)34(36(41)37-25-28(2)3)24-29-14-8-5-9-15-29/h5-23,28,34H,4,24-27H2,1-3H3,(H,37,41)/t34-/m1/s1. The first-order valence-corrected chi connectivity index (χ1v) is 16.6. The number of sulfonamides is 1. The summed E-state index contributed by atoms with van der Waals surface area (Å²) >= 11 is 0. The van der Waals surface area contributed by atoms with Gasteiger partial charge in [0.15, 0.2) is 0 Å². The Balaban J connectivity index is 1.77. The van der Waals surface area contributed by atoms with Crippen molar-refractivity contribution in [2.24, 2.45) is 5.92 Å². The van der Waals surface area contributed by atoms with E-state index >= 15 is 0 Å². The summed E-state index contributed by atoms with van der Waals surface area (Å²) in [5.41, 5.74) is 2.01. The van der Waals surface area contributed by atoms with Gasteiger partial charge in [-0.2, -0.15) is 0 Å². The van der Waals surface area contributed by atoms with Gasteiger partial charge in [-0.25, -0.2) is 8.42 Å². The van der Waals surface area contributed by atoms with E-state index in [1.54, 1.807) is 42.5 Å². The van der Waals surface area contributed by atoms with E-state index in [1.165, 1.54) is 17.0 Å². The van der Waals surface area contributed by atoms with Gasteiger partial charge in [-0.15, -0.1) is 0 Å². The second kappa shape index (κ2) is 15.9. The Morgan fingerprint density at radius 3 is 1.89 bits per heavy atom. The maximum Gasteiger partial charge on any atom is 0.264 e. The molecule has 0 aromatic heterocycles. The molecule has 0 fully saturated rings. The number of anilines is 1. The summed E-state index contributed by atoms with van der Waals surface area (Å²) in [5.74, 6) is -0.0147. The Morgan fingerprint density at radius 1 is 0.778 bits per heavy atom. The summed E-state index contributed by atoms with van der Waals surface area (Å²) in [6.07, 6.45) is 0.262. The van der Waals surface area contributed by atoms with Crippen molar-refractivity contribution < 1.29 is 22.7 Å². The average molecular weight is 628 g/mol.